The van der Waals surface area contributed by atoms with Gasteiger partial charge in [0.1, 0.15) is 21.9 Å². The molecular weight excluding hydrogens is 216 g/mol. The molecule has 5 heteroatoms. The molecule has 0 saturated heterocycles. The minimum Gasteiger partial charge on any atom is -0.494 e. The average Bonchev–Trinajstić information content (AvgIpc) is 2.18. The molecule has 78 valence electrons. The molecule has 0 aliphatic rings. The molecule has 0 saturated carbocycles. The van der Waals surface area contributed by atoms with E-state index in [0.717, 1.165) is 5.69 Å². The van der Waals surface area contributed by atoms with Crippen molar-refractivity contribution in [2.24, 2.45) is 0 Å². The van der Waals surface area contributed by atoms with E-state index in [0.29, 0.717) is 16.8 Å². The summed E-state index contributed by atoms with van der Waals surface area (Å²) in [5.74, 6) is 0.519. The van der Waals surface area contributed by atoms with Crippen molar-refractivity contribution in [2.45, 2.75) is 6.92 Å². The number of rotatable bonds is 1. The molecule has 0 fully saturated rings. The minimum atomic E-state index is -0.165. The van der Waals surface area contributed by atoms with Crippen LogP contribution in [0.2, 0.25) is 5.15 Å². The van der Waals surface area contributed by atoms with Crippen LogP contribution in [0.25, 0.3) is 11.0 Å². The van der Waals surface area contributed by atoms with Crippen LogP contribution in [-0.2, 0) is 0 Å². The fraction of sp³-hybridized carbons (Fsp3) is 0.200. The number of hydrogen-bond acceptors (Lipinski definition) is 3. The molecule has 2 aromatic heterocycles. The lowest BCUT2D eigenvalue weighted by Crippen LogP contribution is -2.06. The molecule has 0 aromatic carbocycles. The van der Waals surface area contributed by atoms with Crippen LogP contribution in [0.1, 0.15) is 5.69 Å². The zero-order chi connectivity index (χ0) is 11.0. The highest BCUT2D eigenvalue weighted by molar-refractivity contribution is 6.30. The number of nitrogens with zero attached hydrogens (tertiary/aromatic N) is 1. The van der Waals surface area contributed by atoms with Crippen molar-refractivity contribution in [3.63, 3.8) is 0 Å². The molecule has 0 unspecified atom stereocenters. The predicted molar refractivity (Wildman–Crippen MR) is 58.7 cm³/mol. The van der Waals surface area contributed by atoms with Gasteiger partial charge in [-0.3, -0.25) is 4.79 Å². The molecule has 2 aromatic rings. The summed E-state index contributed by atoms with van der Waals surface area (Å²) in [6, 6.07) is 3.05. The fourth-order valence-electron chi connectivity index (χ4n) is 1.45. The average molecular weight is 225 g/mol. The third-order valence-electron chi connectivity index (χ3n) is 2.08. The highest BCUT2D eigenvalue weighted by Crippen LogP contribution is 2.23. The number of ether oxygens (including phenoxy) is 1. The summed E-state index contributed by atoms with van der Waals surface area (Å²) < 4.78 is 5.12. The summed E-state index contributed by atoms with van der Waals surface area (Å²) >= 11 is 5.77. The van der Waals surface area contributed by atoms with Crippen molar-refractivity contribution in [1.82, 2.24) is 9.97 Å². The first-order chi connectivity index (χ1) is 7.11. The number of aromatic amines is 1. The molecule has 1 N–H and O–H groups in total. The molecule has 15 heavy (non-hydrogen) atoms. The first-order valence-corrected chi connectivity index (χ1v) is 4.74. The number of methoxy groups -OCH3 is 1. The van der Waals surface area contributed by atoms with Crippen molar-refractivity contribution < 1.29 is 4.74 Å². The monoisotopic (exact) mass is 224 g/mol. The van der Waals surface area contributed by atoms with Gasteiger partial charge >= 0.3 is 0 Å². The SMILES string of the molecule is COc1cc(Cl)nc2c(=O)cc(C)[nH]c12. The van der Waals surface area contributed by atoms with E-state index in [9.17, 15) is 4.79 Å². The Morgan fingerprint density at radius 3 is 2.87 bits per heavy atom. The molecule has 4 nitrogen and oxygen atoms in total. The Morgan fingerprint density at radius 1 is 1.47 bits per heavy atom. The number of aryl methyl sites for hydroxylation is 1. The van der Waals surface area contributed by atoms with Crippen LogP contribution in [0, 0.1) is 6.92 Å². The van der Waals surface area contributed by atoms with E-state index in [4.69, 9.17) is 16.3 Å². The number of nitrogens with one attached hydrogen (secondary N) is 1. The minimum absolute atomic E-state index is 0.165. The second kappa shape index (κ2) is 3.55. The molecular formula is C10H9ClN2O2. The summed E-state index contributed by atoms with van der Waals surface area (Å²) in [5, 5.41) is 0.244. The number of fused-ring (bicyclic) bond motifs is 1. The van der Waals surface area contributed by atoms with Crippen LogP contribution in [0.4, 0.5) is 0 Å². The lowest BCUT2D eigenvalue weighted by Gasteiger charge is -2.05. The van der Waals surface area contributed by atoms with Gasteiger partial charge in [-0.05, 0) is 6.92 Å². The van der Waals surface area contributed by atoms with Gasteiger partial charge in [-0.2, -0.15) is 0 Å². The molecule has 0 bridgehead atoms. The Kier molecular flexibility index (Phi) is 2.36. The summed E-state index contributed by atoms with van der Waals surface area (Å²) in [7, 11) is 1.52. The molecule has 0 aliphatic heterocycles. The molecule has 0 atom stereocenters. The smallest absolute Gasteiger partial charge is 0.208 e. The number of pyridine rings is 2. The second-order valence-corrected chi connectivity index (χ2v) is 3.57. The van der Waals surface area contributed by atoms with E-state index < -0.39 is 0 Å². The van der Waals surface area contributed by atoms with Crippen LogP contribution >= 0.6 is 11.6 Å². The van der Waals surface area contributed by atoms with Crippen LogP contribution in [0.5, 0.6) is 5.75 Å². The number of H-pyrrole nitrogens is 1. The van der Waals surface area contributed by atoms with Gasteiger partial charge in [-0.25, -0.2) is 4.98 Å². The van der Waals surface area contributed by atoms with Crippen LogP contribution < -0.4 is 10.2 Å². The second-order valence-electron chi connectivity index (χ2n) is 3.19. The van der Waals surface area contributed by atoms with Crippen molar-refractivity contribution in [1.29, 1.82) is 0 Å². The highest BCUT2D eigenvalue weighted by atomic mass is 35.5. The van der Waals surface area contributed by atoms with Gasteiger partial charge < -0.3 is 9.72 Å². The summed E-state index contributed by atoms with van der Waals surface area (Å²) in [6.45, 7) is 1.80. The fourth-order valence-corrected chi connectivity index (χ4v) is 1.63. The molecule has 0 spiro atoms. The highest BCUT2D eigenvalue weighted by Gasteiger charge is 2.08. The van der Waals surface area contributed by atoms with E-state index >= 15 is 0 Å². The standard InChI is InChI=1S/C10H9ClN2O2/c1-5-3-6(14)9-10(12-5)7(15-2)4-8(11)13-9/h3-4H,1-2H3,(H,12,14). The Labute approximate surface area is 90.9 Å². The van der Waals surface area contributed by atoms with Gasteiger partial charge in [-0.15, -0.1) is 0 Å². The lowest BCUT2D eigenvalue weighted by atomic mass is 10.2. The number of aromatic nitrogens is 2. The van der Waals surface area contributed by atoms with Gasteiger partial charge in [0.15, 0.2) is 0 Å². The quantitative estimate of drug-likeness (QED) is 0.753. The normalized spacial score (nSPS) is 10.6. The Morgan fingerprint density at radius 2 is 2.20 bits per heavy atom. The van der Waals surface area contributed by atoms with Gasteiger partial charge in [0.05, 0.1) is 7.11 Å². The molecule has 0 aliphatic carbocycles. The first kappa shape index (κ1) is 9.98. The largest absolute Gasteiger partial charge is 0.494 e. The van der Waals surface area contributed by atoms with Crippen LogP contribution in [0.3, 0.4) is 0 Å². The van der Waals surface area contributed by atoms with Crippen molar-refractivity contribution in [2.75, 3.05) is 7.11 Å². The summed E-state index contributed by atoms with van der Waals surface area (Å²) in [6.07, 6.45) is 0. The van der Waals surface area contributed by atoms with E-state index in [1.165, 1.54) is 13.2 Å². The zero-order valence-corrected chi connectivity index (χ0v) is 9.05. The first-order valence-electron chi connectivity index (χ1n) is 4.36. The summed E-state index contributed by atoms with van der Waals surface area (Å²) in [5.41, 5.74) is 1.47. The maximum absolute atomic E-state index is 11.6. The molecule has 0 amide bonds. The number of hydrogen-bond donors (Lipinski definition) is 1. The molecule has 0 radical (unpaired) electrons. The van der Waals surface area contributed by atoms with E-state index in [2.05, 4.69) is 9.97 Å². The maximum Gasteiger partial charge on any atom is 0.208 e. The van der Waals surface area contributed by atoms with Crippen molar-refractivity contribution >= 4 is 22.6 Å². The molecule has 2 rings (SSSR count). The predicted octanol–water partition coefficient (Wildman–Crippen LogP) is 1.89. The number of halogens is 1. The van der Waals surface area contributed by atoms with Crippen LogP contribution in [-0.4, -0.2) is 17.1 Å². The zero-order valence-electron chi connectivity index (χ0n) is 8.30. The van der Waals surface area contributed by atoms with E-state index in [-0.39, 0.29) is 10.6 Å². The topological polar surface area (TPSA) is 55.0 Å². The van der Waals surface area contributed by atoms with E-state index in [1.54, 1.807) is 13.0 Å². The lowest BCUT2D eigenvalue weighted by molar-refractivity contribution is 0.418. The van der Waals surface area contributed by atoms with Crippen molar-refractivity contribution in [3.05, 3.63) is 33.2 Å². The van der Waals surface area contributed by atoms with Crippen LogP contribution in [0.15, 0.2) is 16.9 Å². The van der Waals surface area contributed by atoms with Gasteiger partial charge in [0.2, 0.25) is 5.43 Å². The third-order valence-corrected chi connectivity index (χ3v) is 2.27. The van der Waals surface area contributed by atoms with Crippen molar-refractivity contribution in [3.8, 4) is 5.75 Å². The third kappa shape index (κ3) is 1.68. The maximum atomic E-state index is 11.6. The Bertz CT molecular complexity index is 577. The van der Waals surface area contributed by atoms with Gasteiger partial charge in [0.25, 0.3) is 0 Å². The summed E-state index contributed by atoms with van der Waals surface area (Å²) in [4.78, 5) is 18.6. The Balaban J connectivity index is 2.96. The molecule has 2 heterocycles. The Hall–Kier alpha value is -1.55. The van der Waals surface area contributed by atoms with Gasteiger partial charge in [-0.1, -0.05) is 11.6 Å². The van der Waals surface area contributed by atoms with E-state index in [1.807, 2.05) is 0 Å². The van der Waals surface area contributed by atoms with Gasteiger partial charge in [0, 0.05) is 17.8 Å².